The molecule has 0 aliphatic carbocycles. The van der Waals surface area contributed by atoms with Crippen molar-refractivity contribution in [1.82, 2.24) is 5.32 Å². The first-order valence-electron chi connectivity index (χ1n) is 5.42. The van der Waals surface area contributed by atoms with E-state index in [1.165, 1.54) is 7.11 Å². The molecule has 7 heteroatoms. The number of alkyl carbamates (subject to hydrolysis) is 1. The maximum Gasteiger partial charge on any atom is 0.407 e. The van der Waals surface area contributed by atoms with E-state index < -0.39 is 32.8 Å². The number of hydrogen-bond donors (Lipinski definition) is 2. The zero-order valence-electron chi connectivity index (χ0n) is 10.8. The Balaban J connectivity index is 3.96. The van der Waals surface area contributed by atoms with Crippen molar-refractivity contribution in [2.75, 3.05) is 20.3 Å². The number of rotatable bonds is 6. The predicted octanol–water partition coefficient (Wildman–Crippen LogP) is 0.585. The minimum Gasteiger partial charge on any atom is -0.467 e. The third kappa shape index (κ3) is 7.75. The Morgan fingerprint density at radius 3 is 2.35 bits per heavy atom. The van der Waals surface area contributed by atoms with Gasteiger partial charge in [-0.25, -0.2) is 9.59 Å². The number of esters is 1. The Bertz CT molecular complexity index is 264. The van der Waals surface area contributed by atoms with Crippen molar-refractivity contribution in [2.45, 2.75) is 31.7 Å². The number of aliphatic hydroxyl groups is 1. The first-order chi connectivity index (χ1) is 7.80. The molecule has 1 amide bonds. The Morgan fingerprint density at radius 2 is 1.94 bits per heavy atom. The molecule has 0 saturated heterocycles. The second kappa shape index (κ2) is 7.28. The quantitative estimate of drug-likeness (QED) is 0.541. The maximum atomic E-state index is 11.3. The van der Waals surface area contributed by atoms with Gasteiger partial charge in [-0.1, -0.05) is 19.6 Å². The van der Waals surface area contributed by atoms with Crippen molar-refractivity contribution < 1.29 is 24.2 Å². The molecule has 0 aliphatic rings. The molecule has 0 saturated carbocycles. The lowest BCUT2D eigenvalue weighted by molar-refractivity contribution is -0.144. The lowest BCUT2D eigenvalue weighted by Crippen LogP contribution is -2.44. The molecule has 1 unspecified atom stereocenters. The van der Waals surface area contributed by atoms with Crippen LogP contribution in [0, 0.1) is 0 Å². The third-order valence-corrected chi connectivity index (χ3v) is 3.75. The summed E-state index contributed by atoms with van der Waals surface area (Å²) in [5, 5.41) is 11.1. The number of hydrogen-bond acceptors (Lipinski definition) is 5. The largest absolute Gasteiger partial charge is 0.467 e. The molecule has 0 radical (unpaired) electrons. The Kier molecular flexibility index (Phi) is 6.82. The SMILES string of the molecule is COC(=O)C(CO)NC(=O)OCC[Si](C)(C)C. The molecule has 17 heavy (non-hydrogen) atoms. The van der Waals surface area contributed by atoms with Gasteiger partial charge in [0.05, 0.1) is 20.3 Å². The van der Waals surface area contributed by atoms with Crippen LogP contribution in [0.15, 0.2) is 0 Å². The highest BCUT2D eigenvalue weighted by Gasteiger charge is 2.21. The van der Waals surface area contributed by atoms with E-state index in [1.54, 1.807) is 0 Å². The average Bonchev–Trinajstić information content (AvgIpc) is 2.23. The molecule has 0 fully saturated rings. The zero-order valence-corrected chi connectivity index (χ0v) is 11.8. The number of aliphatic hydroxyl groups excluding tert-OH is 1. The van der Waals surface area contributed by atoms with Crippen LogP contribution in [-0.2, 0) is 14.3 Å². The van der Waals surface area contributed by atoms with E-state index in [-0.39, 0.29) is 0 Å². The fourth-order valence-electron chi connectivity index (χ4n) is 0.955. The van der Waals surface area contributed by atoms with E-state index in [9.17, 15) is 9.59 Å². The molecule has 0 aliphatic heterocycles. The van der Waals surface area contributed by atoms with Crippen LogP contribution in [-0.4, -0.2) is 51.6 Å². The highest BCUT2D eigenvalue weighted by atomic mass is 28.3. The first kappa shape index (κ1) is 15.9. The van der Waals surface area contributed by atoms with E-state index in [0.29, 0.717) is 6.61 Å². The van der Waals surface area contributed by atoms with Gasteiger partial charge in [-0.3, -0.25) is 0 Å². The van der Waals surface area contributed by atoms with Gasteiger partial charge >= 0.3 is 12.1 Å². The smallest absolute Gasteiger partial charge is 0.407 e. The van der Waals surface area contributed by atoms with Gasteiger partial charge in [0, 0.05) is 8.07 Å². The average molecular weight is 263 g/mol. The van der Waals surface area contributed by atoms with Gasteiger partial charge in [-0.15, -0.1) is 0 Å². The molecule has 1 atom stereocenters. The molecule has 0 aromatic heterocycles. The predicted molar refractivity (Wildman–Crippen MR) is 65.5 cm³/mol. The number of methoxy groups -OCH3 is 1. The van der Waals surface area contributed by atoms with Crippen LogP contribution in [0.2, 0.25) is 25.7 Å². The monoisotopic (exact) mass is 263 g/mol. The van der Waals surface area contributed by atoms with E-state index in [1.807, 2.05) is 0 Å². The molecule has 2 N–H and O–H groups in total. The molecule has 0 heterocycles. The highest BCUT2D eigenvalue weighted by Crippen LogP contribution is 2.07. The van der Waals surface area contributed by atoms with E-state index in [2.05, 4.69) is 29.7 Å². The lowest BCUT2D eigenvalue weighted by Gasteiger charge is -2.17. The topological polar surface area (TPSA) is 84.9 Å². The van der Waals surface area contributed by atoms with Crippen LogP contribution in [0.3, 0.4) is 0 Å². The standard InChI is InChI=1S/C10H21NO5Si/c1-15-9(13)8(7-12)11-10(14)16-5-6-17(2,3)4/h8,12H,5-7H2,1-4H3,(H,11,14). The maximum absolute atomic E-state index is 11.3. The fourth-order valence-corrected chi connectivity index (χ4v) is 1.67. The number of ether oxygens (including phenoxy) is 2. The van der Waals surface area contributed by atoms with Crippen LogP contribution in [0.1, 0.15) is 0 Å². The summed E-state index contributed by atoms with van der Waals surface area (Å²) in [5.74, 6) is -0.699. The van der Waals surface area contributed by atoms with Gasteiger partial charge in [0.1, 0.15) is 0 Å². The molecule has 0 bridgehead atoms. The minimum atomic E-state index is -1.25. The summed E-state index contributed by atoms with van der Waals surface area (Å²) in [6.45, 7) is 6.30. The van der Waals surface area contributed by atoms with Crippen LogP contribution in [0.4, 0.5) is 4.79 Å². The molecule has 0 spiro atoms. The van der Waals surface area contributed by atoms with Crippen LogP contribution < -0.4 is 5.32 Å². The molecular formula is C10H21NO5Si. The molecule has 6 nitrogen and oxygen atoms in total. The molecule has 0 rings (SSSR count). The van der Waals surface area contributed by atoms with E-state index in [0.717, 1.165) is 6.04 Å². The van der Waals surface area contributed by atoms with Gasteiger partial charge < -0.3 is 19.9 Å². The van der Waals surface area contributed by atoms with Crippen molar-refractivity contribution in [2.24, 2.45) is 0 Å². The number of nitrogens with one attached hydrogen (secondary N) is 1. The lowest BCUT2D eigenvalue weighted by atomic mass is 10.3. The summed E-state index contributed by atoms with van der Waals surface area (Å²) >= 11 is 0. The van der Waals surface area contributed by atoms with Gasteiger partial charge in [-0.05, 0) is 6.04 Å². The Morgan fingerprint density at radius 1 is 1.35 bits per heavy atom. The Labute approximate surface area is 102 Å². The summed E-state index contributed by atoms with van der Waals surface area (Å²) in [6, 6.07) is -0.220. The van der Waals surface area contributed by atoms with Crippen molar-refractivity contribution in [3.05, 3.63) is 0 Å². The van der Waals surface area contributed by atoms with Crippen LogP contribution in [0.5, 0.6) is 0 Å². The van der Waals surface area contributed by atoms with Crippen LogP contribution >= 0.6 is 0 Å². The van der Waals surface area contributed by atoms with Crippen molar-refractivity contribution >= 4 is 20.1 Å². The minimum absolute atomic E-state index is 0.320. The summed E-state index contributed by atoms with van der Waals surface area (Å²) < 4.78 is 9.31. The third-order valence-electron chi connectivity index (χ3n) is 2.05. The van der Waals surface area contributed by atoms with Gasteiger partial charge in [0.2, 0.25) is 0 Å². The summed E-state index contributed by atoms with van der Waals surface area (Å²) in [5.41, 5.74) is 0. The molecule has 0 aromatic rings. The second-order valence-corrected chi connectivity index (χ2v) is 10.5. The Hall–Kier alpha value is -1.08. The van der Waals surface area contributed by atoms with Crippen molar-refractivity contribution in [3.63, 3.8) is 0 Å². The van der Waals surface area contributed by atoms with Crippen molar-refractivity contribution in [3.8, 4) is 0 Å². The molecule has 100 valence electrons. The summed E-state index contributed by atoms with van der Waals surface area (Å²) in [4.78, 5) is 22.3. The molecular weight excluding hydrogens is 242 g/mol. The summed E-state index contributed by atoms with van der Waals surface area (Å²) in [6.07, 6.45) is -0.715. The van der Waals surface area contributed by atoms with E-state index in [4.69, 9.17) is 9.84 Å². The van der Waals surface area contributed by atoms with Gasteiger partial charge in [0.15, 0.2) is 6.04 Å². The molecule has 0 aromatic carbocycles. The number of carbonyl (C=O) groups excluding carboxylic acids is 2. The highest BCUT2D eigenvalue weighted by molar-refractivity contribution is 6.76. The van der Waals surface area contributed by atoms with Crippen molar-refractivity contribution in [1.29, 1.82) is 0 Å². The zero-order chi connectivity index (χ0) is 13.5. The fraction of sp³-hybridized carbons (Fsp3) is 0.800. The van der Waals surface area contributed by atoms with Gasteiger partial charge in [-0.2, -0.15) is 0 Å². The normalized spacial score (nSPS) is 12.8. The summed E-state index contributed by atoms with van der Waals surface area (Å²) in [7, 11) is -0.0633. The van der Waals surface area contributed by atoms with E-state index >= 15 is 0 Å². The first-order valence-corrected chi connectivity index (χ1v) is 9.13. The number of carbonyl (C=O) groups is 2. The number of amides is 1. The second-order valence-electron chi connectivity index (χ2n) is 4.85. The van der Waals surface area contributed by atoms with Crippen LogP contribution in [0.25, 0.3) is 0 Å². The van der Waals surface area contributed by atoms with Gasteiger partial charge in [0.25, 0.3) is 0 Å².